The molecule has 1 amide bonds. The van der Waals surface area contributed by atoms with E-state index in [2.05, 4.69) is 26.1 Å². The van der Waals surface area contributed by atoms with E-state index >= 15 is 8.78 Å². The number of aliphatic hydroxyl groups excluding tert-OH is 1. The summed E-state index contributed by atoms with van der Waals surface area (Å²) >= 11 is 0. The van der Waals surface area contributed by atoms with Gasteiger partial charge in [0.25, 0.3) is 0 Å². The first-order chi connectivity index (χ1) is 41.8. The number of halogens is 2. The van der Waals surface area contributed by atoms with Crippen LogP contribution in [0.3, 0.4) is 0 Å². The summed E-state index contributed by atoms with van der Waals surface area (Å²) in [6, 6.07) is 1.85. The molecule has 2 N–H and O–H groups in total. The lowest BCUT2D eigenvalue weighted by Gasteiger charge is -2.64. The first-order valence-electron chi connectivity index (χ1n) is 31.3. The van der Waals surface area contributed by atoms with E-state index in [0.29, 0.717) is 87.3 Å². The molecule has 6 aliphatic carbocycles. The largest absolute Gasteiger partial charge is 0.492 e. The fraction of sp³-hybridized carbons (Fsp3) is 0.591. The van der Waals surface area contributed by atoms with Gasteiger partial charge in [0, 0.05) is 80.5 Å². The molecule has 11 atom stereocenters. The molecule has 0 radical (unpaired) electrons. The van der Waals surface area contributed by atoms with Crippen LogP contribution in [0.5, 0.6) is 11.5 Å². The Morgan fingerprint density at radius 2 is 1.33 bits per heavy atom. The number of ether oxygens (including phenoxy) is 5. The van der Waals surface area contributed by atoms with Crippen LogP contribution in [-0.4, -0.2) is 134 Å². The molecule has 5 saturated carbocycles. The van der Waals surface area contributed by atoms with Crippen LogP contribution in [0.25, 0.3) is 21.8 Å². The summed E-state index contributed by atoms with van der Waals surface area (Å²) in [6.07, 6.45) is 16.2. The van der Waals surface area contributed by atoms with E-state index < -0.39 is 82.8 Å². The molecular formula is C66H76F2N6O13. The maximum atomic E-state index is 17.0. The highest BCUT2D eigenvalue weighted by molar-refractivity contribution is 6.02. The van der Waals surface area contributed by atoms with Crippen LogP contribution >= 0.6 is 0 Å². The summed E-state index contributed by atoms with van der Waals surface area (Å²) in [7, 11) is 2.85. The quantitative estimate of drug-likeness (QED) is 0.0950. The molecule has 11 unspecified atom stereocenters. The number of pyridine rings is 2. The number of aliphatic hydroxyl groups is 1. The fourth-order valence-corrected chi connectivity index (χ4v) is 18.4. The van der Waals surface area contributed by atoms with Gasteiger partial charge in [-0.3, -0.25) is 19.2 Å². The lowest BCUT2D eigenvalue weighted by atomic mass is 9.41. The van der Waals surface area contributed by atoms with Crippen molar-refractivity contribution in [3.05, 3.63) is 91.5 Å². The van der Waals surface area contributed by atoms with Gasteiger partial charge >= 0.3 is 18.0 Å². The average Bonchev–Trinajstić information content (AvgIpc) is 1.64. The summed E-state index contributed by atoms with van der Waals surface area (Å²) in [5.74, 6) is -3.78. The number of Topliss-reactive ketones (excluding diaryl/α,β-unsaturated/α-hetero) is 1. The first-order valence-corrected chi connectivity index (χ1v) is 31.3. The average molecular weight is 1200 g/mol. The molecule has 87 heavy (non-hydrogen) atoms. The number of aromatic nitrogens is 2. The van der Waals surface area contributed by atoms with E-state index in [-0.39, 0.29) is 98.5 Å². The summed E-state index contributed by atoms with van der Waals surface area (Å²) < 4.78 is 65.5. The van der Waals surface area contributed by atoms with E-state index in [1.165, 1.54) is 37.6 Å². The number of hydrogen-bond donors (Lipinski definition) is 2. The predicted octanol–water partition coefficient (Wildman–Crippen LogP) is 8.33. The molecule has 462 valence electrons. The standard InChI is InChI=1S/C66H76F2N6O13/c1-64-19-17-39(75)22-36(64)16-18-65(2)51-15-14-44(66(51,3)25-49(76)60(64)65)50(77)32-85-61(80)42-28-73(37-10-11-37)53-40(56(42)78)24-46(68)55(59(53)84-5)71-27-35-9-7-21-72(48(35)31-71)63(82)87-33-86-62(81)43-29-74(38-12-13-38)52-41(57(43)79)23-45(67)54(58(52)83-4)70-26-34-8-6-20-69-47(34)30-70/h17,19,22-24,28-29,34-35,37-38,44,47-49,51,60,69,76H,6-16,18,20-21,25-27,30-33H2,1-5H3. The van der Waals surface area contributed by atoms with E-state index in [4.69, 9.17) is 23.7 Å². The van der Waals surface area contributed by atoms with Gasteiger partial charge in [0.1, 0.15) is 22.5 Å². The Labute approximate surface area is 501 Å². The number of amides is 1. The number of carbonyl (C=O) groups is 5. The van der Waals surface area contributed by atoms with E-state index in [1.54, 1.807) is 26.2 Å². The topological polar surface area (TPSA) is 217 Å². The molecule has 4 aromatic rings. The van der Waals surface area contributed by atoms with Crippen molar-refractivity contribution in [2.45, 2.75) is 135 Å². The number of esters is 2. The zero-order valence-electron chi connectivity index (χ0n) is 50.0. The predicted molar refractivity (Wildman–Crippen MR) is 316 cm³/mol. The van der Waals surface area contributed by atoms with E-state index in [0.717, 1.165) is 63.1 Å². The maximum Gasteiger partial charge on any atom is 0.412 e. The summed E-state index contributed by atoms with van der Waals surface area (Å²) in [5, 5.41) is 15.5. The third-order valence-corrected chi connectivity index (χ3v) is 22.5. The fourth-order valence-electron chi connectivity index (χ4n) is 18.4. The minimum Gasteiger partial charge on any atom is -0.492 e. The van der Waals surface area contributed by atoms with Crippen LogP contribution in [-0.2, 0) is 23.8 Å². The van der Waals surface area contributed by atoms with Crippen LogP contribution in [0.4, 0.5) is 25.0 Å². The van der Waals surface area contributed by atoms with Gasteiger partial charge in [0.2, 0.25) is 17.7 Å². The summed E-state index contributed by atoms with van der Waals surface area (Å²) in [4.78, 5) is 102. The Kier molecular flexibility index (Phi) is 14.1. The van der Waals surface area contributed by atoms with Crippen molar-refractivity contribution >= 4 is 62.8 Å². The second kappa shape index (κ2) is 21.3. The van der Waals surface area contributed by atoms with Gasteiger partial charge in [-0.15, -0.1) is 0 Å². The third-order valence-electron chi connectivity index (χ3n) is 22.5. The molecule has 14 rings (SSSR count). The highest BCUT2D eigenvalue weighted by Gasteiger charge is 2.67. The third kappa shape index (κ3) is 9.22. The molecule has 21 heteroatoms. The number of carbonyl (C=O) groups excluding carboxylic acids is 5. The number of likely N-dealkylation sites (tertiary alicyclic amines) is 1. The minimum atomic E-state index is -1.04. The number of benzene rings is 2. The number of nitrogens with zero attached hydrogens (tertiary/aromatic N) is 5. The highest BCUT2D eigenvalue weighted by Crippen LogP contribution is 2.71. The summed E-state index contributed by atoms with van der Waals surface area (Å²) in [6.45, 7) is 7.95. The van der Waals surface area contributed by atoms with Gasteiger partial charge in [0.05, 0.1) is 48.2 Å². The number of fused-ring (bicyclic) bond motifs is 9. The Balaban J connectivity index is 0.654. The Hall–Kier alpha value is -7.13. The molecule has 19 nitrogen and oxygen atoms in total. The van der Waals surface area contributed by atoms with Crippen molar-refractivity contribution in [3.8, 4) is 11.5 Å². The van der Waals surface area contributed by atoms with Crippen LogP contribution in [0.1, 0.15) is 137 Å². The Bertz CT molecular complexity index is 3780. The highest BCUT2D eigenvalue weighted by atomic mass is 19.1. The van der Waals surface area contributed by atoms with Crippen LogP contribution in [0.15, 0.2) is 57.9 Å². The second-order valence-electron chi connectivity index (χ2n) is 27.4. The molecule has 9 fully saturated rings. The summed E-state index contributed by atoms with van der Waals surface area (Å²) in [5.41, 5.74) is -1.47. The number of ketones is 2. The number of nitrogens with one attached hydrogen (secondary N) is 1. The van der Waals surface area contributed by atoms with Crippen molar-refractivity contribution in [2.75, 3.05) is 76.7 Å². The number of methoxy groups -OCH3 is 2. The van der Waals surface area contributed by atoms with Crippen LogP contribution < -0.4 is 35.4 Å². The molecule has 4 saturated heterocycles. The number of hydrogen-bond acceptors (Lipinski definition) is 16. The number of piperidine rings is 2. The lowest BCUT2D eigenvalue weighted by Crippen LogP contribution is -2.61. The molecule has 10 aliphatic rings. The molecule has 0 bridgehead atoms. The smallest absolute Gasteiger partial charge is 0.412 e. The minimum absolute atomic E-state index is 0.0242. The Morgan fingerprint density at radius 3 is 1.95 bits per heavy atom. The number of anilines is 2. The zero-order valence-corrected chi connectivity index (χ0v) is 50.0. The Morgan fingerprint density at radius 1 is 0.724 bits per heavy atom. The molecule has 2 aromatic carbocycles. The van der Waals surface area contributed by atoms with Crippen LogP contribution in [0.2, 0.25) is 0 Å². The maximum absolute atomic E-state index is 17.0. The molecule has 6 heterocycles. The molecule has 2 aromatic heterocycles. The molecule has 0 spiro atoms. The molecule has 4 aliphatic heterocycles. The van der Waals surface area contributed by atoms with Gasteiger partial charge in [-0.1, -0.05) is 32.4 Å². The van der Waals surface area contributed by atoms with E-state index in [9.17, 15) is 38.7 Å². The van der Waals surface area contributed by atoms with Crippen molar-refractivity contribution in [2.24, 2.45) is 45.8 Å². The number of allylic oxidation sites excluding steroid dienone is 4. The zero-order chi connectivity index (χ0) is 60.7. The SMILES string of the molecule is COc1c(N2CC3CCCNC3C2)c(F)cc2c(=O)c(C(=O)OCOC(=O)N3CCCC4CN(c5c(F)cc6c(=O)c(C(=O)OCC(=O)C7CCC8C7(C)CC(O)C7C9(C)C=CC(=O)C=C9CCC78C)cn(C7CC7)c6c5OC)CC43)cn(C3CC3)c12. The van der Waals surface area contributed by atoms with Gasteiger partial charge in [-0.25, -0.2) is 23.2 Å². The van der Waals surface area contributed by atoms with Crippen LogP contribution in [0, 0.1) is 57.5 Å². The van der Waals surface area contributed by atoms with E-state index in [1.807, 2.05) is 11.0 Å². The van der Waals surface area contributed by atoms with Gasteiger partial charge in [-0.2, -0.15) is 0 Å². The van der Waals surface area contributed by atoms with Gasteiger partial charge < -0.3 is 57.9 Å². The van der Waals surface area contributed by atoms with Gasteiger partial charge in [0.15, 0.2) is 41.3 Å². The van der Waals surface area contributed by atoms with Crippen molar-refractivity contribution in [3.63, 3.8) is 0 Å². The monoisotopic (exact) mass is 1200 g/mol. The van der Waals surface area contributed by atoms with Crippen molar-refractivity contribution < 1.29 is 61.5 Å². The normalized spacial score (nSPS) is 31.6. The number of rotatable bonds is 13. The van der Waals surface area contributed by atoms with Crippen molar-refractivity contribution in [1.82, 2.24) is 19.4 Å². The lowest BCUT2D eigenvalue weighted by molar-refractivity contribution is -0.169. The van der Waals surface area contributed by atoms with Gasteiger partial charge in [-0.05, 0) is 143 Å². The second-order valence-corrected chi connectivity index (χ2v) is 27.4. The van der Waals surface area contributed by atoms with Crippen molar-refractivity contribution in [1.29, 1.82) is 0 Å². The first kappa shape index (κ1) is 57.6. The molecular weight excluding hydrogens is 1120 g/mol.